The average Bonchev–Trinajstić information content (AvgIpc) is 2.41. The monoisotopic (exact) mass is 215 g/mol. The molecule has 2 aromatic heterocycles. The molecule has 0 unspecified atom stereocenters. The molecule has 7 nitrogen and oxygen atoms in total. The Balaban J connectivity index is 0.000000160. The molecule has 16 heavy (non-hydrogen) atoms. The van der Waals surface area contributed by atoms with Crippen LogP contribution in [-0.2, 0) is 0 Å². The number of rotatable bonds is 1. The van der Waals surface area contributed by atoms with Gasteiger partial charge in [-0.1, -0.05) is 0 Å². The van der Waals surface area contributed by atoms with Crippen LogP contribution in [-0.4, -0.2) is 19.9 Å². The lowest BCUT2D eigenvalue weighted by Gasteiger charge is -1.91. The van der Waals surface area contributed by atoms with Gasteiger partial charge in [0.15, 0.2) is 0 Å². The number of hydrogen-bond donors (Lipinski definition) is 2. The van der Waals surface area contributed by atoms with E-state index in [9.17, 15) is 0 Å². The Morgan fingerprint density at radius 2 is 1.50 bits per heavy atom. The van der Waals surface area contributed by atoms with E-state index in [2.05, 4.69) is 25.4 Å². The Bertz CT molecular complexity index is 436. The van der Waals surface area contributed by atoms with Crippen molar-refractivity contribution in [3.8, 4) is 6.07 Å². The van der Waals surface area contributed by atoms with Gasteiger partial charge in [-0.05, 0) is 12.1 Å². The Labute approximate surface area is 92.0 Å². The minimum Gasteiger partial charge on any atom is -0.292 e. The summed E-state index contributed by atoms with van der Waals surface area (Å²) in [6, 6.07) is 5.20. The van der Waals surface area contributed by atoms with Crippen LogP contribution in [0.15, 0.2) is 36.9 Å². The molecule has 3 N–H and O–H groups in total. The van der Waals surface area contributed by atoms with Crippen LogP contribution < -0.4 is 11.3 Å². The maximum atomic E-state index is 8.16. The first-order valence-corrected chi connectivity index (χ1v) is 4.27. The van der Waals surface area contributed by atoms with E-state index in [1.807, 2.05) is 0 Å². The fourth-order valence-electron chi connectivity index (χ4n) is 0.730. The van der Waals surface area contributed by atoms with Gasteiger partial charge in [0.25, 0.3) is 0 Å². The topological polar surface area (TPSA) is 113 Å². The first-order chi connectivity index (χ1) is 7.86. The predicted octanol–water partition coefficient (Wildman–Crippen LogP) is 0.110. The zero-order valence-electron chi connectivity index (χ0n) is 8.28. The first-order valence-electron chi connectivity index (χ1n) is 4.27. The molecule has 2 aromatic rings. The van der Waals surface area contributed by atoms with Crippen molar-refractivity contribution < 1.29 is 0 Å². The van der Waals surface area contributed by atoms with Crippen molar-refractivity contribution >= 4 is 5.95 Å². The summed E-state index contributed by atoms with van der Waals surface area (Å²) in [4.78, 5) is 14.8. The van der Waals surface area contributed by atoms with Crippen molar-refractivity contribution in [3.63, 3.8) is 0 Å². The molecule has 7 heteroatoms. The highest BCUT2D eigenvalue weighted by Gasteiger charge is 1.83. The van der Waals surface area contributed by atoms with Crippen LogP contribution in [0.4, 0.5) is 5.95 Å². The number of nitrogens with two attached hydrogens (primary N) is 1. The quantitative estimate of drug-likeness (QED) is 0.512. The highest BCUT2D eigenvalue weighted by molar-refractivity contribution is 5.18. The van der Waals surface area contributed by atoms with Crippen molar-refractivity contribution in [2.24, 2.45) is 5.84 Å². The van der Waals surface area contributed by atoms with E-state index in [-0.39, 0.29) is 5.82 Å². The normalized spacial score (nSPS) is 8.25. The van der Waals surface area contributed by atoms with Gasteiger partial charge in [-0.25, -0.2) is 25.8 Å². The van der Waals surface area contributed by atoms with Crippen LogP contribution in [0.2, 0.25) is 0 Å². The van der Waals surface area contributed by atoms with E-state index in [1.54, 1.807) is 30.6 Å². The van der Waals surface area contributed by atoms with Gasteiger partial charge in [0.1, 0.15) is 6.07 Å². The Kier molecular flexibility index (Phi) is 4.88. The predicted molar refractivity (Wildman–Crippen MR) is 56.6 cm³/mol. The van der Waals surface area contributed by atoms with Crippen molar-refractivity contribution in [2.75, 3.05) is 5.43 Å². The van der Waals surface area contributed by atoms with Crippen LogP contribution in [0.25, 0.3) is 0 Å². The van der Waals surface area contributed by atoms with E-state index >= 15 is 0 Å². The summed E-state index contributed by atoms with van der Waals surface area (Å²) in [5.41, 5.74) is 2.30. The number of nitrogen functional groups attached to an aromatic ring is 1. The largest absolute Gasteiger partial charge is 0.292 e. The second kappa shape index (κ2) is 6.80. The van der Waals surface area contributed by atoms with Crippen LogP contribution in [0, 0.1) is 11.3 Å². The third kappa shape index (κ3) is 4.08. The minimum absolute atomic E-state index is 0.215. The molecule has 0 amide bonds. The second-order valence-corrected chi connectivity index (χ2v) is 2.40. The molecule has 80 valence electrons. The van der Waals surface area contributed by atoms with Crippen LogP contribution in [0.3, 0.4) is 0 Å². The minimum atomic E-state index is 0.215. The number of nitrogens with zero attached hydrogens (tertiary/aromatic N) is 5. The molecule has 0 aromatic carbocycles. The molecule has 0 bridgehead atoms. The highest BCUT2D eigenvalue weighted by Crippen LogP contribution is 1.87. The zero-order chi connectivity index (χ0) is 11.6. The third-order valence-corrected chi connectivity index (χ3v) is 1.36. The number of nitriles is 1. The lowest BCUT2D eigenvalue weighted by Crippen LogP contribution is -2.09. The Morgan fingerprint density at radius 1 is 1.00 bits per heavy atom. The number of nitrogens with one attached hydrogen (secondary N) is 1. The fourth-order valence-corrected chi connectivity index (χ4v) is 0.730. The molecule has 2 rings (SSSR count). The highest BCUT2D eigenvalue weighted by atomic mass is 15.3. The first kappa shape index (κ1) is 11.5. The summed E-state index contributed by atoms with van der Waals surface area (Å²) >= 11 is 0. The zero-order valence-corrected chi connectivity index (χ0v) is 8.28. The molecular weight excluding hydrogens is 206 g/mol. The van der Waals surface area contributed by atoms with Crippen LogP contribution in [0.1, 0.15) is 5.82 Å². The molecule has 0 radical (unpaired) electrons. The van der Waals surface area contributed by atoms with Gasteiger partial charge in [0, 0.05) is 24.8 Å². The van der Waals surface area contributed by atoms with Crippen molar-refractivity contribution in [1.29, 1.82) is 5.26 Å². The second-order valence-electron chi connectivity index (χ2n) is 2.40. The molecule has 0 aliphatic heterocycles. The summed E-state index contributed by atoms with van der Waals surface area (Å²) in [5, 5.41) is 8.16. The molecule has 0 spiro atoms. The maximum Gasteiger partial charge on any atom is 0.237 e. The summed E-state index contributed by atoms with van der Waals surface area (Å²) in [6.45, 7) is 0. The van der Waals surface area contributed by atoms with Gasteiger partial charge < -0.3 is 0 Å². The van der Waals surface area contributed by atoms with Crippen molar-refractivity contribution in [1.82, 2.24) is 19.9 Å². The number of hydrazine groups is 1. The summed E-state index contributed by atoms with van der Waals surface area (Å²) in [6.07, 6.45) is 6.29. The smallest absolute Gasteiger partial charge is 0.237 e. The molecule has 0 saturated heterocycles. The van der Waals surface area contributed by atoms with Crippen LogP contribution in [0.5, 0.6) is 0 Å². The summed E-state index contributed by atoms with van der Waals surface area (Å²) in [7, 11) is 0. The molecule has 2 heterocycles. The maximum absolute atomic E-state index is 8.16. The van der Waals surface area contributed by atoms with Gasteiger partial charge in [0.05, 0.1) is 0 Å². The van der Waals surface area contributed by atoms with Crippen molar-refractivity contribution in [3.05, 3.63) is 42.7 Å². The Morgan fingerprint density at radius 3 is 1.81 bits per heavy atom. The molecular formula is C9H9N7. The standard InChI is InChI=1S/C5H3N3.C4H6N4/c6-4-5-7-2-1-3-8-5;5-8-4-6-2-1-3-7-4/h1-3H;1-3H,5H2,(H,6,7,8). The van der Waals surface area contributed by atoms with E-state index < -0.39 is 0 Å². The molecule has 0 aliphatic carbocycles. The molecule has 0 atom stereocenters. The summed E-state index contributed by atoms with van der Waals surface area (Å²) in [5.74, 6) is 5.63. The van der Waals surface area contributed by atoms with E-state index in [0.717, 1.165) is 0 Å². The SMILES string of the molecule is N#Cc1ncccn1.NNc1ncccn1. The molecule has 0 fully saturated rings. The van der Waals surface area contributed by atoms with E-state index in [0.29, 0.717) is 5.95 Å². The third-order valence-electron chi connectivity index (χ3n) is 1.36. The van der Waals surface area contributed by atoms with Gasteiger partial charge >= 0.3 is 0 Å². The van der Waals surface area contributed by atoms with Gasteiger partial charge in [-0.3, -0.25) is 5.43 Å². The summed E-state index contributed by atoms with van der Waals surface area (Å²) < 4.78 is 0. The van der Waals surface area contributed by atoms with E-state index in [1.165, 1.54) is 12.4 Å². The molecule has 0 aliphatic rings. The van der Waals surface area contributed by atoms with Gasteiger partial charge in [0.2, 0.25) is 11.8 Å². The molecule has 0 saturated carbocycles. The fraction of sp³-hybridized carbons (Fsp3) is 0. The number of anilines is 1. The van der Waals surface area contributed by atoms with Gasteiger partial charge in [-0.2, -0.15) is 5.26 Å². The average molecular weight is 215 g/mol. The lowest BCUT2D eigenvalue weighted by atomic mass is 10.6. The lowest BCUT2D eigenvalue weighted by molar-refractivity contribution is 1.11. The van der Waals surface area contributed by atoms with E-state index in [4.69, 9.17) is 11.1 Å². The Hall–Kier alpha value is -2.59. The number of hydrogen-bond acceptors (Lipinski definition) is 7. The van der Waals surface area contributed by atoms with Gasteiger partial charge in [-0.15, -0.1) is 0 Å². The van der Waals surface area contributed by atoms with Crippen LogP contribution >= 0.6 is 0 Å². The number of aromatic nitrogens is 4. The van der Waals surface area contributed by atoms with Crippen molar-refractivity contribution in [2.45, 2.75) is 0 Å².